The maximum Gasteiger partial charge on any atom is 0.150 e. The minimum atomic E-state index is -2.87. The van der Waals surface area contributed by atoms with E-state index in [0.717, 1.165) is 25.1 Å². The molecular formula is C14H24N2O2S. The first-order valence-corrected chi connectivity index (χ1v) is 8.76. The summed E-state index contributed by atoms with van der Waals surface area (Å²) in [7, 11) is -2.87. The highest BCUT2D eigenvalue weighted by atomic mass is 32.2. The zero-order valence-electron chi connectivity index (χ0n) is 11.8. The molecule has 0 aliphatic rings. The van der Waals surface area contributed by atoms with Crippen LogP contribution in [0.2, 0.25) is 0 Å². The summed E-state index contributed by atoms with van der Waals surface area (Å²) in [4.78, 5) is 4.36. The molecule has 0 saturated carbocycles. The van der Waals surface area contributed by atoms with Crippen LogP contribution in [-0.4, -0.2) is 31.5 Å². The molecule has 1 N–H and O–H groups in total. The number of rotatable bonds is 9. The molecule has 0 fully saturated rings. The largest absolute Gasteiger partial charge is 0.309 e. The number of hydrogen-bond donors (Lipinski definition) is 1. The summed E-state index contributed by atoms with van der Waals surface area (Å²) in [6.07, 6.45) is 4.31. The lowest BCUT2D eigenvalue weighted by Crippen LogP contribution is -2.24. The minimum absolute atomic E-state index is 0.146. The number of nitrogens with zero attached hydrogens (tertiary/aromatic N) is 1. The number of nitrogens with one attached hydrogen (secondary N) is 1. The Morgan fingerprint density at radius 3 is 2.68 bits per heavy atom. The molecule has 0 bridgehead atoms. The molecule has 0 aliphatic heterocycles. The van der Waals surface area contributed by atoms with E-state index in [9.17, 15) is 8.42 Å². The molecule has 0 amide bonds. The quantitative estimate of drug-likeness (QED) is 0.756. The first-order valence-electron chi connectivity index (χ1n) is 6.93. The maximum absolute atomic E-state index is 11.5. The van der Waals surface area contributed by atoms with E-state index in [4.69, 9.17) is 0 Å². The lowest BCUT2D eigenvalue weighted by atomic mass is 10.1. The van der Waals surface area contributed by atoms with Crippen LogP contribution in [0.3, 0.4) is 0 Å². The van der Waals surface area contributed by atoms with Gasteiger partial charge in [-0.05, 0) is 37.9 Å². The Balaban J connectivity index is 2.56. The molecule has 0 saturated heterocycles. The molecule has 1 unspecified atom stereocenters. The van der Waals surface area contributed by atoms with Gasteiger partial charge in [0.05, 0.1) is 11.4 Å². The van der Waals surface area contributed by atoms with Crippen molar-refractivity contribution < 1.29 is 8.42 Å². The van der Waals surface area contributed by atoms with Gasteiger partial charge in [-0.3, -0.25) is 4.98 Å². The highest BCUT2D eigenvalue weighted by Crippen LogP contribution is 2.16. The van der Waals surface area contributed by atoms with Crippen LogP contribution in [0, 0.1) is 0 Å². The highest BCUT2D eigenvalue weighted by molar-refractivity contribution is 7.91. The average molecular weight is 284 g/mol. The van der Waals surface area contributed by atoms with Crippen LogP contribution in [0.15, 0.2) is 24.4 Å². The first-order chi connectivity index (χ1) is 9.09. The van der Waals surface area contributed by atoms with Crippen LogP contribution in [-0.2, 0) is 9.84 Å². The molecule has 1 aromatic rings. The Hall–Kier alpha value is -0.940. The monoisotopic (exact) mass is 284 g/mol. The summed E-state index contributed by atoms with van der Waals surface area (Å²) in [5, 5.41) is 3.43. The Morgan fingerprint density at radius 1 is 1.32 bits per heavy atom. The van der Waals surface area contributed by atoms with Crippen LogP contribution in [0.1, 0.15) is 44.8 Å². The maximum atomic E-state index is 11.5. The van der Waals surface area contributed by atoms with Crippen molar-refractivity contribution >= 4 is 9.84 Å². The Morgan fingerprint density at radius 2 is 2.11 bits per heavy atom. The zero-order chi connectivity index (χ0) is 14.1. The van der Waals surface area contributed by atoms with Crippen LogP contribution in [0.4, 0.5) is 0 Å². The van der Waals surface area contributed by atoms with E-state index in [1.165, 1.54) is 0 Å². The lowest BCUT2D eigenvalue weighted by Gasteiger charge is -2.17. The van der Waals surface area contributed by atoms with E-state index in [0.29, 0.717) is 6.42 Å². The van der Waals surface area contributed by atoms with Crippen molar-refractivity contribution in [1.82, 2.24) is 10.3 Å². The average Bonchev–Trinajstić information content (AvgIpc) is 2.43. The van der Waals surface area contributed by atoms with Crippen molar-refractivity contribution in [2.24, 2.45) is 0 Å². The van der Waals surface area contributed by atoms with Gasteiger partial charge in [-0.15, -0.1) is 0 Å². The summed E-state index contributed by atoms with van der Waals surface area (Å²) in [5.74, 6) is 0.490. The Bertz CT molecular complexity index is 446. The van der Waals surface area contributed by atoms with Gasteiger partial charge in [0.1, 0.15) is 9.84 Å². The van der Waals surface area contributed by atoms with Gasteiger partial charge < -0.3 is 5.32 Å². The topological polar surface area (TPSA) is 59.1 Å². The van der Waals surface area contributed by atoms with E-state index < -0.39 is 9.84 Å². The van der Waals surface area contributed by atoms with Gasteiger partial charge in [-0.1, -0.05) is 19.9 Å². The highest BCUT2D eigenvalue weighted by Gasteiger charge is 2.14. The van der Waals surface area contributed by atoms with Crippen molar-refractivity contribution in [3.63, 3.8) is 0 Å². The normalized spacial score (nSPS) is 13.4. The SMILES string of the molecule is CCCNC(CCCS(=O)(=O)CC)c1ccccn1. The Labute approximate surface area is 116 Å². The van der Waals surface area contributed by atoms with Crippen LogP contribution in [0.5, 0.6) is 0 Å². The number of pyridine rings is 1. The molecule has 108 valence electrons. The molecule has 1 rings (SSSR count). The van der Waals surface area contributed by atoms with Crippen molar-refractivity contribution in [2.75, 3.05) is 18.1 Å². The third kappa shape index (κ3) is 6.16. The van der Waals surface area contributed by atoms with E-state index in [-0.39, 0.29) is 17.5 Å². The fourth-order valence-electron chi connectivity index (χ4n) is 1.91. The van der Waals surface area contributed by atoms with Crippen molar-refractivity contribution in [3.05, 3.63) is 30.1 Å². The van der Waals surface area contributed by atoms with Gasteiger partial charge in [0, 0.05) is 18.0 Å². The number of aromatic nitrogens is 1. The van der Waals surface area contributed by atoms with Gasteiger partial charge in [-0.25, -0.2) is 8.42 Å². The van der Waals surface area contributed by atoms with Crippen molar-refractivity contribution in [3.8, 4) is 0 Å². The minimum Gasteiger partial charge on any atom is -0.309 e. The zero-order valence-corrected chi connectivity index (χ0v) is 12.6. The van der Waals surface area contributed by atoms with Gasteiger partial charge in [-0.2, -0.15) is 0 Å². The molecule has 19 heavy (non-hydrogen) atoms. The summed E-state index contributed by atoms with van der Waals surface area (Å²) in [6.45, 7) is 4.73. The molecule has 4 nitrogen and oxygen atoms in total. The summed E-state index contributed by atoms with van der Waals surface area (Å²) in [5.41, 5.74) is 0.991. The van der Waals surface area contributed by atoms with Crippen molar-refractivity contribution in [2.45, 2.75) is 39.2 Å². The second-order valence-corrected chi connectivity index (χ2v) is 7.11. The van der Waals surface area contributed by atoms with Crippen LogP contribution < -0.4 is 5.32 Å². The molecule has 0 aromatic carbocycles. The predicted octanol–water partition coefficient (Wildman–Crippen LogP) is 2.34. The van der Waals surface area contributed by atoms with Gasteiger partial charge >= 0.3 is 0 Å². The Kier molecular flexibility index (Phi) is 7.02. The predicted molar refractivity (Wildman–Crippen MR) is 78.8 cm³/mol. The third-order valence-corrected chi connectivity index (χ3v) is 4.86. The summed E-state index contributed by atoms with van der Waals surface area (Å²) >= 11 is 0. The standard InChI is InChI=1S/C14H24N2O2S/c1-3-10-15-14(13-8-5-6-11-16-13)9-7-12-19(17,18)4-2/h5-6,8,11,14-15H,3-4,7,9-10,12H2,1-2H3. The fourth-order valence-corrected chi connectivity index (χ4v) is 2.80. The van der Waals surface area contributed by atoms with Crippen molar-refractivity contribution in [1.29, 1.82) is 0 Å². The summed E-state index contributed by atoms with van der Waals surface area (Å²) < 4.78 is 23.0. The number of sulfone groups is 1. The first kappa shape index (κ1) is 16.1. The second-order valence-electron chi connectivity index (χ2n) is 4.64. The number of hydrogen-bond acceptors (Lipinski definition) is 4. The lowest BCUT2D eigenvalue weighted by molar-refractivity contribution is 0.482. The van der Waals surface area contributed by atoms with Gasteiger partial charge in [0.15, 0.2) is 0 Å². The molecule has 1 aromatic heterocycles. The second kappa shape index (κ2) is 8.27. The molecule has 0 radical (unpaired) electrons. The van der Waals surface area contributed by atoms with Gasteiger partial charge in [0.2, 0.25) is 0 Å². The fraction of sp³-hybridized carbons (Fsp3) is 0.643. The summed E-state index contributed by atoms with van der Waals surface area (Å²) in [6, 6.07) is 5.99. The van der Waals surface area contributed by atoms with Crippen LogP contribution in [0.25, 0.3) is 0 Å². The molecule has 1 heterocycles. The molecule has 1 atom stereocenters. The van der Waals surface area contributed by atoms with E-state index in [1.54, 1.807) is 13.1 Å². The van der Waals surface area contributed by atoms with E-state index in [1.807, 2.05) is 18.2 Å². The van der Waals surface area contributed by atoms with Gasteiger partial charge in [0.25, 0.3) is 0 Å². The molecule has 0 spiro atoms. The smallest absolute Gasteiger partial charge is 0.150 e. The molecule has 5 heteroatoms. The third-order valence-electron chi connectivity index (χ3n) is 3.07. The van der Waals surface area contributed by atoms with E-state index in [2.05, 4.69) is 17.2 Å². The molecule has 0 aliphatic carbocycles. The van der Waals surface area contributed by atoms with Crippen LogP contribution >= 0.6 is 0 Å². The molecular weight excluding hydrogens is 260 g/mol. The van der Waals surface area contributed by atoms with E-state index >= 15 is 0 Å².